The molecule has 0 amide bonds. The number of halogens is 4. The minimum atomic E-state index is -1.34. The minimum Gasteiger partial charge on any atom is -0.506 e. The molecule has 10 rings (SSSR count). The molecule has 0 radical (unpaired) electrons. The molecule has 59 heavy (non-hydrogen) atoms. The number of benzene rings is 9. The van der Waals surface area contributed by atoms with E-state index in [1.54, 1.807) is 24.3 Å². The number of phenolic OH excluding ortho intramolecular Hbond substituents is 2. The normalized spacial score (nSPS) is 10.5. The molecular weight excluding hydrogens is 1050 g/mol. The summed E-state index contributed by atoms with van der Waals surface area (Å²) in [5.74, 6) is 0.610. The average molecular weight is 1080 g/mol. The first-order valence-corrected chi connectivity index (χ1v) is 21.5. The van der Waals surface area contributed by atoms with E-state index in [4.69, 9.17) is 14.5 Å². The number of furan rings is 1. The van der Waals surface area contributed by atoms with Gasteiger partial charge < -0.3 is 24.7 Å². The van der Waals surface area contributed by atoms with E-state index in [2.05, 4.69) is 107 Å². The monoisotopic (exact) mass is 1080 g/mol. The summed E-state index contributed by atoms with van der Waals surface area (Å²) >= 11 is 12.5. The zero-order valence-electron chi connectivity index (χ0n) is 30.5. The van der Waals surface area contributed by atoms with Gasteiger partial charge in [-0.3, -0.25) is 0 Å². The van der Waals surface area contributed by atoms with E-state index in [-0.39, 0.29) is 7.43 Å². The Hall–Kier alpha value is -4.69. The van der Waals surface area contributed by atoms with Crippen LogP contribution in [-0.2, 0) is 0 Å². The Bertz CT molecular complexity index is 3010. The molecule has 10 aromatic rings. The van der Waals surface area contributed by atoms with Crippen molar-refractivity contribution in [2.75, 3.05) is 0 Å². The summed E-state index contributed by atoms with van der Waals surface area (Å²) in [4.78, 5) is 0. The number of rotatable bonds is 2. The van der Waals surface area contributed by atoms with Crippen LogP contribution in [-0.4, -0.2) is 27.4 Å². The highest BCUT2D eigenvalue weighted by molar-refractivity contribution is 14.1. The summed E-state index contributed by atoms with van der Waals surface area (Å²) in [5.41, 5.74) is 4.28. The third kappa shape index (κ3) is 9.86. The molecule has 294 valence electrons. The molecule has 0 aliphatic carbocycles. The molecule has 0 fully saturated rings. The summed E-state index contributed by atoms with van der Waals surface area (Å²) < 4.78 is 9.31. The highest BCUT2D eigenvalue weighted by Gasteiger charge is 2.14. The Morgan fingerprint density at radius 1 is 0.475 bits per heavy atom. The van der Waals surface area contributed by atoms with Crippen molar-refractivity contribution < 1.29 is 24.7 Å². The number of fused-ring (bicyclic) bond motifs is 7. The molecular formula is C49H37BBr3IO5. The predicted molar refractivity (Wildman–Crippen MR) is 267 cm³/mol. The molecule has 0 aliphatic heterocycles. The molecule has 4 N–H and O–H groups in total. The Morgan fingerprint density at radius 2 is 0.915 bits per heavy atom. The van der Waals surface area contributed by atoms with E-state index >= 15 is 0 Å². The summed E-state index contributed by atoms with van der Waals surface area (Å²) in [6.07, 6.45) is 0. The lowest BCUT2D eigenvalue weighted by Crippen LogP contribution is -2.29. The highest BCUT2D eigenvalue weighted by Crippen LogP contribution is 2.42. The summed E-state index contributed by atoms with van der Waals surface area (Å²) in [6, 6.07) is 57.2. The van der Waals surface area contributed by atoms with Crippen LogP contribution in [0.15, 0.2) is 194 Å². The predicted octanol–water partition coefficient (Wildman–Crippen LogP) is 14.4. The third-order valence-electron chi connectivity index (χ3n) is 9.37. The fourth-order valence-electron chi connectivity index (χ4n) is 6.62. The molecule has 0 aliphatic rings. The van der Waals surface area contributed by atoms with Crippen LogP contribution in [0.25, 0.3) is 65.4 Å². The van der Waals surface area contributed by atoms with Crippen LogP contribution in [0.2, 0.25) is 0 Å². The van der Waals surface area contributed by atoms with E-state index in [1.807, 2.05) is 115 Å². The fourth-order valence-corrected chi connectivity index (χ4v) is 9.19. The molecule has 0 atom stereocenters. The van der Waals surface area contributed by atoms with Crippen LogP contribution in [0.1, 0.15) is 7.43 Å². The van der Waals surface area contributed by atoms with Crippen molar-refractivity contribution in [1.82, 2.24) is 0 Å². The van der Waals surface area contributed by atoms with E-state index in [0.29, 0.717) is 17.0 Å². The van der Waals surface area contributed by atoms with Gasteiger partial charge in [0.15, 0.2) is 0 Å². The summed E-state index contributed by atoms with van der Waals surface area (Å²) in [5, 5.41) is 46.3. The smallest absolute Gasteiger partial charge is 0.488 e. The molecule has 10 heteroatoms. The van der Waals surface area contributed by atoms with Crippen LogP contribution < -0.4 is 5.46 Å². The number of hydrogen-bond donors (Lipinski definition) is 4. The summed E-state index contributed by atoms with van der Waals surface area (Å²) in [7, 11) is -1.34. The van der Waals surface area contributed by atoms with Crippen molar-refractivity contribution in [3.63, 3.8) is 0 Å². The van der Waals surface area contributed by atoms with Crippen LogP contribution >= 0.6 is 70.4 Å². The van der Waals surface area contributed by atoms with Gasteiger partial charge in [0.2, 0.25) is 0 Å². The third-order valence-corrected chi connectivity index (χ3v) is 12.3. The van der Waals surface area contributed by atoms with E-state index in [9.17, 15) is 10.2 Å². The highest BCUT2D eigenvalue weighted by atomic mass is 127. The molecule has 9 aromatic carbocycles. The van der Waals surface area contributed by atoms with Gasteiger partial charge >= 0.3 is 7.12 Å². The van der Waals surface area contributed by atoms with Gasteiger partial charge in [-0.25, -0.2) is 0 Å². The van der Waals surface area contributed by atoms with E-state index in [0.717, 1.165) is 60.8 Å². The Morgan fingerprint density at radius 3 is 1.51 bits per heavy atom. The average Bonchev–Trinajstić information content (AvgIpc) is 3.66. The first-order valence-electron chi connectivity index (χ1n) is 18.0. The van der Waals surface area contributed by atoms with Crippen LogP contribution in [0.4, 0.5) is 0 Å². The van der Waals surface area contributed by atoms with Crippen LogP contribution in [0, 0.1) is 3.57 Å². The van der Waals surface area contributed by atoms with Crippen LogP contribution in [0.5, 0.6) is 11.5 Å². The van der Waals surface area contributed by atoms with Crippen molar-refractivity contribution in [1.29, 1.82) is 0 Å². The SMILES string of the molecule is Brc1cc2ccccc2c2c1oc1ccccc12.C.OB(O)c1ccccc1.Oc1c(Br)cc2ccccc2c1-c1ccccc1.Oc1c(Br)cc2ccccc2c1I. The lowest BCUT2D eigenvalue weighted by Gasteiger charge is -2.11. The van der Waals surface area contributed by atoms with E-state index < -0.39 is 7.12 Å². The van der Waals surface area contributed by atoms with Crippen molar-refractivity contribution >= 4 is 137 Å². The second kappa shape index (κ2) is 20.0. The van der Waals surface area contributed by atoms with Gasteiger partial charge in [-0.1, -0.05) is 159 Å². The van der Waals surface area contributed by atoms with Gasteiger partial charge in [0.1, 0.15) is 22.7 Å². The molecule has 1 heterocycles. The molecule has 1 aromatic heterocycles. The zero-order chi connectivity index (χ0) is 40.8. The largest absolute Gasteiger partial charge is 0.506 e. The topological polar surface area (TPSA) is 94.1 Å². The Kier molecular flexibility index (Phi) is 14.9. The molecule has 0 saturated carbocycles. The van der Waals surface area contributed by atoms with Gasteiger partial charge in [0.05, 0.1) is 17.0 Å². The first-order chi connectivity index (χ1) is 28.1. The second-order valence-corrected chi connectivity index (χ2v) is 16.7. The molecule has 0 spiro atoms. The van der Waals surface area contributed by atoms with Gasteiger partial charge in [-0.05, 0) is 138 Å². The maximum atomic E-state index is 10.3. The van der Waals surface area contributed by atoms with E-state index in [1.165, 1.54) is 21.5 Å². The number of aromatic hydroxyl groups is 2. The molecule has 0 saturated heterocycles. The van der Waals surface area contributed by atoms with Gasteiger partial charge in [0.25, 0.3) is 0 Å². The second-order valence-electron chi connectivity index (χ2n) is 13.1. The standard InChI is InChI=1S/C16H9BrO.C16H11BrO.C10H6BrIO.C6H7BO2.CH4/c17-13-9-10-5-1-2-6-11(10)15-12-7-3-4-8-14(12)18-16(13)15;17-14-10-12-8-4-5-9-13(12)15(16(14)18)11-6-2-1-3-7-11;11-8-5-6-3-1-2-4-7(6)9(12)10(8)13;8-7(9)6-4-2-1-3-5-6;/h1-9H;1-10,18H;1-5,13H;1-5,8-9H;1H4. The van der Waals surface area contributed by atoms with Gasteiger partial charge in [-0.15, -0.1) is 0 Å². The maximum absolute atomic E-state index is 10.3. The Labute approximate surface area is 381 Å². The lowest BCUT2D eigenvalue weighted by molar-refractivity contribution is 0.425. The first kappa shape index (κ1) is 43.9. The summed E-state index contributed by atoms with van der Waals surface area (Å²) in [6.45, 7) is 0. The van der Waals surface area contributed by atoms with Gasteiger partial charge in [-0.2, -0.15) is 0 Å². The van der Waals surface area contributed by atoms with Gasteiger partial charge in [0, 0.05) is 16.3 Å². The number of para-hydroxylation sites is 1. The zero-order valence-corrected chi connectivity index (χ0v) is 37.4. The minimum absolute atomic E-state index is 0. The fraction of sp³-hybridized carbons (Fsp3) is 0.0204. The molecule has 0 bridgehead atoms. The maximum Gasteiger partial charge on any atom is 0.488 e. The van der Waals surface area contributed by atoms with Crippen molar-refractivity contribution in [2.45, 2.75) is 7.43 Å². The lowest BCUT2D eigenvalue weighted by atomic mass is 9.81. The Balaban J connectivity index is 0.000000136. The van der Waals surface area contributed by atoms with Crippen molar-refractivity contribution in [3.8, 4) is 22.6 Å². The number of hydrogen-bond acceptors (Lipinski definition) is 5. The van der Waals surface area contributed by atoms with Crippen LogP contribution in [0.3, 0.4) is 0 Å². The van der Waals surface area contributed by atoms with Crippen molar-refractivity contribution in [3.05, 3.63) is 193 Å². The number of phenols is 2. The molecule has 0 unspecified atom stereocenters. The molecule has 5 nitrogen and oxygen atoms in total. The van der Waals surface area contributed by atoms with Crippen molar-refractivity contribution in [2.24, 2.45) is 0 Å². The quantitative estimate of drug-likeness (QED) is 0.102.